The lowest BCUT2D eigenvalue weighted by Gasteiger charge is -2.44. The van der Waals surface area contributed by atoms with E-state index in [0.717, 1.165) is 27.7 Å². The van der Waals surface area contributed by atoms with Crippen molar-refractivity contribution in [3.63, 3.8) is 0 Å². The Morgan fingerprint density at radius 2 is 1.30 bits per heavy atom. The molecule has 0 aromatic heterocycles. The number of hydrogen-bond acceptors (Lipinski definition) is 10. The van der Waals surface area contributed by atoms with Crippen LogP contribution in [0.25, 0.3) is 0 Å². The highest BCUT2D eigenvalue weighted by Crippen LogP contribution is 2.28. The molecule has 27 heavy (non-hydrogen) atoms. The molecule has 1 N–H and O–H groups in total. The Bertz CT molecular complexity index is 604. The summed E-state index contributed by atoms with van der Waals surface area (Å²) in [7, 11) is 0. The lowest BCUT2D eigenvalue weighted by atomic mass is 9.96. The van der Waals surface area contributed by atoms with Crippen molar-refractivity contribution >= 4 is 29.8 Å². The van der Waals surface area contributed by atoms with Crippen LogP contribution in [0, 0.1) is 0 Å². The largest absolute Gasteiger partial charge is 0.463 e. The fourth-order valence-electron chi connectivity index (χ4n) is 2.55. The Labute approximate surface area is 155 Å². The van der Waals surface area contributed by atoms with E-state index in [4.69, 9.17) is 23.7 Å². The highest BCUT2D eigenvalue weighted by molar-refractivity contribution is 5.74. The van der Waals surface area contributed by atoms with Gasteiger partial charge in [0.1, 0.15) is 18.8 Å². The molecule has 1 fully saturated rings. The third kappa shape index (κ3) is 7.21. The fourth-order valence-corrected chi connectivity index (χ4v) is 2.55. The van der Waals surface area contributed by atoms with E-state index >= 15 is 0 Å². The number of ether oxygens (including phenoxy) is 5. The molecule has 0 unspecified atom stereocenters. The van der Waals surface area contributed by atoms with E-state index in [1.165, 1.54) is 6.92 Å². The first-order valence-corrected chi connectivity index (χ1v) is 8.08. The molecule has 0 aliphatic carbocycles. The van der Waals surface area contributed by atoms with Gasteiger partial charge in [-0.25, -0.2) is 0 Å². The van der Waals surface area contributed by atoms with Gasteiger partial charge in [0.2, 0.25) is 12.2 Å². The Morgan fingerprint density at radius 1 is 0.778 bits per heavy atom. The molecule has 5 atom stereocenters. The third-order valence-electron chi connectivity index (χ3n) is 3.35. The maximum Gasteiger partial charge on any atom is 0.305 e. The number of carbonyl (C=O) groups excluding carboxylic acids is 5. The van der Waals surface area contributed by atoms with Gasteiger partial charge in [0.05, 0.1) is 0 Å². The van der Waals surface area contributed by atoms with Gasteiger partial charge in [-0.1, -0.05) is 0 Å². The van der Waals surface area contributed by atoms with Crippen molar-refractivity contribution in [2.24, 2.45) is 0 Å². The van der Waals surface area contributed by atoms with E-state index in [-0.39, 0.29) is 6.61 Å². The van der Waals surface area contributed by atoms with Gasteiger partial charge in [0, 0.05) is 34.6 Å². The zero-order chi connectivity index (χ0) is 20.7. The molecular formula is C16H23NO10. The van der Waals surface area contributed by atoms with Crippen molar-refractivity contribution in [2.75, 3.05) is 6.61 Å². The summed E-state index contributed by atoms with van der Waals surface area (Å²) in [5, 5.41) is 2.46. The third-order valence-corrected chi connectivity index (χ3v) is 3.35. The van der Waals surface area contributed by atoms with E-state index in [2.05, 4.69) is 5.32 Å². The first-order chi connectivity index (χ1) is 12.5. The van der Waals surface area contributed by atoms with Crippen LogP contribution >= 0.6 is 0 Å². The number of hydrogen-bond donors (Lipinski definition) is 1. The maximum absolute atomic E-state index is 11.6. The molecule has 0 aromatic carbocycles. The second kappa shape index (κ2) is 9.86. The highest BCUT2D eigenvalue weighted by atomic mass is 16.7. The maximum atomic E-state index is 11.6. The Balaban J connectivity index is 3.29. The van der Waals surface area contributed by atoms with Crippen LogP contribution in [-0.4, -0.2) is 67.0 Å². The highest BCUT2D eigenvalue weighted by Gasteiger charge is 2.52. The summed E-state index contributed by atoms with van der Waals surface area (Å²) in [5.74, 6) is -3.34. The summed E-state index contributed by atoms with van der Waals surface area (Å²) in [5.41, 5.74) is 0. The number of esters is 4. The minimum absolute atomic E-state index is 0.365. The Morgan fingerprint density at radius 3 is 1.74 bits per heavy atom. The summed E-state index contributed by atoms with van der Waals surface area (Å²) in [6.07, 6.45) is -4.97. The van der Waals surface area contributed by atoms with Crippen LogP contribution in [0.1, 0.15) is 34.6 Å². The summed E-state index contributed by atoms with van der Waals surface area (Å²) in [6.45, 7) is 5.36. The molecule has 0 saturated carbocycles. The van der Waals surface area contributed by atoms with E-state index < -0.39 is 60.4 Å². The molecular weight excluding hydrogens is 366 g/mol. The number of amides is 1. The normalized spacial score (nSPS) is 27.1. The molecule has 1 aliphatic heterocycles. The second-order valence-corrected chi connectivity index (χ2v) is 5.83. The smallest absolute Gasteiger partial charge is 0.305 e. The summed E-state index contributed by atoms with van der Waals surface area (Å²) < 4.78 is 25.9. The van der Waals surface area contributed by atoms with Gasteiger partial charge in [0.15, 0.2) is 12.2 Å². The molecule has 0 bridgehead atoms. The zero-order valence-corrected chi connectivity index (χ0v) is 15.7. The lowest BCUT2D eigenvalue weighted by Crippen LogP contribution is -2.66. The number of rotatable bonds is 6. The average Bonchev–Trinajstić information content (AvgIpc) is 2.49. The summed E-state index contributed by atoms with van der Waals surface area (Å²) in [4.78, 5) is 57.2. The van der Waals surface area contributed by atoms with Crippen LogP contribution in [0.4, 0.5) is 0 Å². The molecule has 1 heterocycles. The van der Waals surface area contributed by atoms with Crippen LogP contribution in [-0.2, 0) is 47.7 Å². The number of carbonyl (C=O) groups is 5. The quantitative estimate of drug-likeness (QED) is 0.453. The molecule has 11 nitrogen and oxygen atoms in total. The van der Waals surface area contributed by atoms with Gasteiger partial charge in [-0.2, -0.15) is 0 Å². The summed E-state index contributed by atoms with van der Waals surface area (Å²) in [6, 6.07) is -1.16. The van der Waals surface area contributed by atoms with Gasteiger partial charge in [-0.15, -0.1) is 0 Å². The predicted molar refractivity (Wildman–Crippen MR) is 85.8 cm³/mol. The Hall–Kier alpha value is -2.69. The van der Waals surface area contributed by atoms with Gasteiger partial charge < -0.3 is 29.0 Å². The van der Waals surface area contributed by atoms with Gasteiger partial charge in [-0.3, -0.25) is 24.0 Å². The van der Waals surface area contributed by atoms with Gasteiger partial charge >= 0.3 is 23.9 Å². The average molecular weight is 389 g/mol. The molecule has 152 valence electrons. The van der Waals surface area contributed by atoms with Crippen molar-refractivity contribution in [2.45, 2.75) is 65.3 Å². The number of nitrogens with one attached hydrogen (secondary N) is 1. The molecule has 0 spiro atoms. The first kappa shape index (κ1) is 22.4. The van der Waals surface area contributed by atoms with Crippen molar-refractivity contribution in [3.05, 3.63) is 0 Å². The molecule has 1 saturated heterocycles. The predicted octanol–water partition coefficient (Wildman–Crippen LogP) is -0.794. The van der Waals surface area contributed by atoms with Crippen LogP contribution in [0.5, 0.6) is 0 Å². The van der Waals surface area contributed by atoms with E-state index in [1.54, 1.807) is 0 Å². The zero-order valence-electron chi connectivity index (χ0n) is 15.7. The van der Waals surface area contributed by atoms with Crippen LogP contribution in [0.2, 0.25) is 0 Å². The standard InChI is InChI=1S/C16H23NO10/c1-7(18)17-13-15(25-10(4)21)14(24-9(3)20)12(6-23-8(2)19)27-16(13)26-11(5)22/h12-16H,6H2,1-5H3,(H,17,18)/t12-,13+,14-,15-,16-/m0/s1. The Kier molecular flexibility index (Phi) is 8.16. The molecule has 1 rings (SSSR count). The van der Waals surface area contributed by atoms with Crippen molar-refractivity contribution in [1.82, 2.24) is 5.32 Å². The first-order valence-electron chi connectivity index (χ1n) is 8.08. The van der Waals surface area contributed by atoms with Crippen LogP contribution < -0.4 is 5.32 Å². The molecule has 11 heteroatoms. The van der Waals surface area contributed by atoms with Crippen molar-refractivity contribution < 1.29 is 47.7 Å². The topological polar surface area (TPSA) is 144 Å². The molecule has 0 radical (unpaired) electrons. The van der Waals surface area contributed by atoms with Crippen molar-refractivity contribution in [1.29, 1.82) is 0 Å². The minimum atomic E-state index is -1.37. The van der Waals surface area contributed by atoms with E-state index in [1.807, 2.05) is 0 Å². The van der Waals surface area contributed by atoms with Crippen LogP contribution in [0.3, 0.4) is 0 Å². The molecule has 1 amide bonds. The summed E-state index contributed by atoms with van der Waals surface area (Å²) >= 11 is 0. The molecule has 1 aliphatic rings. The lowest BCUT2D eigenvalue weighted by molar-refractivity contribution is -0.270. The minimum Gasteiger partial charge on any atom is -0.463 e. The fraction of sp³-hybridized carbons (Fsp3) is 0.688. The van der Waals surface area contributed by atoms with Crippen LogP contribution in [0.15, 0.2) is 0 Å². The van der Waals surface area contributed by atoms with Gasteiger partial charge in [-0.05, 0) is 0 Å². The molecule has 0 aromatic rings. The van der Waals surface area contributed by atoms with Crippen molar-refractivity contribution in [3.8, 4) is 0 Å². The van der Waals surface area contributed by atoms with Gasteiger partial charge in [0.25, 0.3) is 0 Å². The SMILES string of the molecule is CC(=O)N[C@H]1[C@@H](OC(C)=O)O[C@@H](COC(C)=O)[C@H](OC(C)=O)[C@H]1OC(C)=O. The second-order valence-electron chi connectivity index (χ2n) is 5.83. The van der Waals surface area contributed by atoms with E-state index in [9.17, 15) is 24.0 Å². The monoisotopic (exact) mass is 389 g/mol. The van der Waals surface area contributed by atoms with E-state index in [0.29, 0.717) is 0 Å².